The Balaban J connectivity index is 1.84. The second-order valence-corrected chi connectivity index (χ2v) is 4.89. The molecule has 2 N–H and O–H groups in total. The van der Waals surface area contributed by atoms with Gasteiger partial charge in [-0.05, 0) is 38.5 Å². The number of carbonyl (C=O) groups excluding carboxylic acids is 1. The molecule has 1 aliphatic heterocycles. The summed E-state index contributed by atoms with van der Waals surface area (Å²) in [7, 11) is 0. The predicted octanol–water partition coefficient (Wildman–Crippen LogP) is 0.570. The first kappa shape index (κ1) is 7.80. The van der Waals surface area contributed by atoms with E-state index in [2.05, 4.69) is 5.32 Å². The lowest BCUT2D eigenvalue weighted by atomic mass is 9.53. The third-order valence-corrected chi connectivity index (χ3v) is 4.19. The molecule has 0 aromatic rings. The Morgan fingerprint density at radius 2 is 1.85 bits per heavy atom. The van der Waals surface area contributed by atoms with Crippen LogP contribution in [0.4, 0.5) is 0 Å². The lowest BCUT2D eigenvalue weighted by Crippen LogP contribution is -2.79. The average molecular weight is 181 g/mol. The molecule has 2 saturated carbocycles. The molecule has 1 saturated heterocycles. The molecule has 1 heterocycles. The molecule has 1 amide bonds. The van der Waals surface area contributed by atoms with Gasteiger partial charge in [0.2, 0.25) is 5.91 Å². The maximum absolute atomic E-state index is 11.4. The van der Waals surface area contributed by atoms with Gasteiger partial charge in [-0.25, -0.2) is 0 Å². The molecule has 3 aliphatic rings. The van der Waals surface area contributed by atoms with Gasteiger partial charge in [0.15, 0.2) is 0 Å². The Morgan fingerprint density at radius 3 is 2.15 bits per heavy atom. The zero-order valence-electron chi connectivity index (χ0n) is 7.68. The third-order valence-electron chi connectivity index (χ3n) is 4.19. The number of aliphatic hydroxyl groups is 1. The summed E-state index contributed by atoms with van der Waals surface area (Å²) < 4.78 is 0. The molecule has 0 aromatic heterocycles. The van der Waals surface area contributed by atoms with Gasteiger partial charge in [-0.2, -0.15) is 0 Å². The maximum Gasteiger partial charge on any atom is 0.228 e. The minimum absolute atomic E-state index is 0.0201. The number of amides is 1. The van der Waals surface area contributed by atoms with Gasteiger partial charge in [0.1, 0.15) is 0 Å². The predicted molar refractivity (Wildman–Crippen MR) is 47.0 cm³/mol. The highest BCUT2D eigenvalue weighted by Crippen LogP contribution is 2.54. The van der Waals surface area contributed by atoms with Crippen molar-refractivity contribution >= 4 is 5.91 Å². The van der Waals surface area contributed by atoms with E-state index in [1.54, 1.807) is 0 Å². The van der Waals surface area contributed by atoms with E-state index in [0.29, 0.717) is 0 Å². The Morgan fingerprint density at radius 1 is 1.23 bits per heavy atom. The monoisotopic (exact) mass is 181 g/mol. The fourth-order valence-corrected chi connectivity index (χ4v) is 3.12. The van der Waals surface area contributed by atoms with E-state index in [0.717, 1.165) is 32.1 Å². The van der Waals surface area contributed by atoms with Gasteiger partial charge in [-0.15, -0.1) is 0 Å². The highest BCUT2D eigenvalue weighted by atomic mass is 16.3. The van der Waals surface area contributed by atoms with Gasteiger partial charge < -0.3 is 10.4 Å². The number of hydrogen-bond donors (Lipinski definition) is 2. The molecule has 13 heavy (non-hydrogen) atoms. The summed E-state index contributed by atoms with van der Waals surface area (Å²) in [5.74, 6) is 0.00407. The largest absolute Gasteiger partial charge is 0.389 e. The maximum atomic E-state index is 11.4. The van der Waals surface area contributed by atoms with E-state index >= 15 is 0 Å². The Kier molecular flexibility index (Phi) is 1.25. The van der Waals surface area contributed by atoms with Gasteiger partial charge in [0.25, 0.3) is 0 Å². The van der Waals surface area contributed by atoms with Gasteiger partial charge in [0, 0.05) is 0 Å². The molecule has 72 valence electrons. The van der Waals surface area contributed by atoms with Crippen molar-refractivity contribution in [2.24, 2.45) is 5.92 Å². The van der Waals surface area contributed by atoms with Gasteiger partial charge >= 0.3 is 0 Å². The topological polar surface area (TPSA) is 49.3 Å². The van der Waals surface area contributed by atoms with E-state index in [1.807, 2.05) is 0 Å². The van der Waals surface area contributed by atoms with Gasteiger partial charge in [-0.3, -0.25) is 4.79 Å². The van der Waals surface area contributed by atoms with Crippen LogP contribution in [0.2, 0.25) is 0 Å². The quantitative estimate of drug-likeness (QED) is 0.581. The summed E-state index contributed by atoms with van der Waals surface area (Å²) >= 11 is 0. The molecular weight excluding hydrogens is 166 g/mol. The molecule has 0 bridgehead atoms. The van der Waals surface area contributed by atoms with Crippen LogP contribution in [0.15, 0.2) is 0 Å². The molecular formula is C10H15NO2. The van der Waals surface area contributed by atoms with E-state index in [1.165, 1.54) is 6.42 Å². The first-order valence-electron chi connectivity index (χ1n) is 5.21. The van der Waals surface area contributed by atoms with Crippen molar-refractivity contribution in [1.82, 2.24) is 5.32 Å². The summed E-state index contributed by atoms with van der Waals surface area (Å²) in [6.07, 6.45) is 6.08. The van der Waals surface area contributed by atoms with Crippen LogP contribution in [0.1, 0.15) is 38.5 Å². The zero-order valence-corrected chi connectivity index (χ0v) is 7.68. The Hall–Kier alpha value is -0.570. The average Bonchev–Trinajstić information content (AvgIpc) is 1.92. The molecule has 3 nitrogen and oxygen atoms in total. The van der Waals surface area contributed by atoms with E-state index in [4.69, 9.17) is 0 Å². The lowest BCUT2D eigenvalue weighted by molar-refractivity contribution is -0.186. The van der Waals surface area contributed by atoms with Crippen LogP contribution in [0.5, 0.6) is 0 Å². The number of nitrogens with one attached hydrogen (secondary N) is 1. The highest BCUT2D eigenvalue weighted by molar-refractivity contribution is 5.89. The first-order chi connectivity index (χ1) is 6.16. The van der Waals surface area contributed by atoms with Crippen LogP contribution in [0.3, 0.4) is 0 Å². The normalized spacial score (nSPS) is 38.5. The van der Waals surface area contributed by atoms with Crippen molar-refractivity contribution < 1.29 is 9.90 Å². The fraction of sp³-hybridized carbons (Fsp3) is 0.900. The number of β-lactam (4-membered cyclic amide) rings is 1. The molecule has 3 rings (SSSR count). The van der Waals surface area contributed by atoms with Crippen LogP contribution < -0.4 is 5.32 Å². The molecule has 1 spiro atoms. The Bertz CT molecular complexity index is 252. The second kappa shape index (κ2) is 2.08. The van der Waals surface area contributed by atoms with E-state index in [9.17, 15) is 9.90 Å². The van der Waals surface area contributed by atoms with Crippen LogP contribution in [0.25, 0.3) is 0 Å². The smallest absolute Gasteiger partial charge is 0.228 e. The van der Waals surface area contributed by atoms with Crippen molar-refractivity contribution in [3.8, 4) is 0 Å². The van der Waals surface area contributed by atoms with Crippen LogP contribution in [0, 0.1) is 5.92 Å². The third kappa shape index (κ3) is 0.766. The summed E-state index contributed by atoms with van der Waals surface area (Å²) in [4.78, 5) is 11.4. The van der Waals surface area contributed by atoms with Crippen molar-refractivity contribution in [2.75, 3.05) is 0 Å². The summed E-state index contributed by atoms with van der Waals surface area (Å²) in [6.45, 7) is 0. The van der Waals surface area contributed by atoms with Crippen molar-refractivity contribution in [1.29, 1.82) is 0 Å². The van der Waals surface area contributed by atoms with Gasteiger partial charge in [-0.1, -0.05) is 0 Å². The summed E-state index contributed by atoms with van der Waals surface area (Å²) in [5, 5.41) is 13.1. The first-order valence-corrected chi connectivity index (χ1v) is 5.21. The number of carbonyl (C=O) groups is 1. The van der Waals surface area contributed by atoms with E-state index in [-0.39, 0.29) is 17.4 Å². The zero-order chi connectivity index (χ0) is 9.10. The number of hydrogen-bond acceptors (Lipinski definition) is 2. The standard InChI is InChI=1S/C10H15NO2/c12-8-7(10(13)5-2-6-10)9(11-8)3-1-4-9/h7,13H,1-6H2,(H,11,12). The summed E-state index contributed by atoms with van der Waals surface area (Å²) in [5.41, 5.74) is -0.616. The fourth-order valence-electron chi connectivity index (χ4n) is 3.12. The minimum Gasteiger partial charge on any atom is -0.389 e. The van der Waals surface area contributed by atoms with Crippen molar-refractivity contribution in [3.63, 3.8) is 0 Å². The van der Waals surface area contributed by atoms with Crippen LogP contribution in [-0.4, -0.2) is 22.2 Å². The number of rotatable bonds is 1. The summed E-state index contributed by atoms with van der Waals surface area (Å²) in [6, 6.07) is 0. The minimum atomic E-state index is -0.636. The lowest BCUT2D eigenvalue weighted by Gasteiger charge is -2.62. The van der Waals surface area contributed by atoms with Crippen LogP contribution in [-0.2, 0) is 4.79 Å². The van der Waals surface area contributed by atoms with Gasteiger partial charge in [0.05, 0.1) is 17.1 Å². The molecule has 1 unspecified atom stereocenters. The second-order valence-electron chi connectivity index (χ2n) is 4.89. The molecule has 3 fully saturated rings. The van der Waals surface area contributed by atoms with E-state index < -0.39 is 5.60 Å². The molecule has 1 atom stereocenters. The highest BCUT2D eigenvalue weighted by Gasteiger charge is 2.65. The van der Waals surface area contributed by atoms with Crippen molar-refractivity contribution in [2.45, 2.75) is 49.7 Å². The van der Waals surface area contributed by atoms with Crippen LogP contribution >= 0.6 is 0 Å². The Labute approximate surface area is 77.5 Å². The molecule has 2 aliphatic carbocycles. The molecule has 3 heteroatoms. The SMILES string of the molecule is O=C1NC2(CCC2)C1C1(O)CCC1. The molecule has 0 radical (unpaired) electrons. The molecule has 0 aromatic carbocycles. The van der Waals surface area contributed by atoms with Crippen molar-refractivity contribution in [3.05, 3.63) is 0 Å².